The topological polar surface area (TPSA) is 107 Å². The average Bonchev–Trinajstić information content (AvgIpc) is 3.15. The first kappa shape index (κ1) is 22.6. The van der Waals surface area contributed by atoms with Gasteiger partial charge in [0, 0.05) is 24.1 Å². The highest BCUT2D eigenvalue weighted by molar-refractivity contribution is 9.10. The Hall–Kier alpha value is -3.08. The van der Waals surface area contributed by atoms with E-state index in [1.54, 1.807) is 12.1 Å². The van der Waals surface area contributed by atoms with Crippen LogP contribution in [0.5, 0.6) is 11.5 Å². The third-order valence-electron chi connectivity index (χ3n) is 4.62. The van der Waals surface area contributed by atoms with Crippen LogP contribution in [0, 0.1) is 0 Å². The number of imidazole rings is 1. The summed E-state index contributed by atoms with van der Waals surface area (Å²) < 4.78 is 20.9. The molecule has 0 saturated carbocycles. The van der Waals surface area contributed by atoms with Gasteiger partial charge in [-0.25, -0.2) is 9.78 Å². The maximum atomic E-state index is 12.5. The summed E-state index contributed by atoms with van der Waals surface area (Å²) in [5, 5.41) is 0. The minimum absolute atomic E-state index is 0.00494. The number of nitrogens with zero attached hydrogens (tertiary/aromatic N) is 4. The molecule has 0 amide bonds. The van der Waals surface area contributed by atoms with Gasteiger partial charge in [-0.05, 0) is 26.0 Å². The molecule has 0 fully saturated rings. The lowest BCUT2D eigenvalue weighted by Gasteiger charge is -2.14. The first-order valence-corrected chi connectivity index (χ1v) is 10.4. The summed E-state index contributed by atoms with van der Waals surface area (Å²) in [5.74, 6) is 0.593. The molecule has 0 aliphatic carbocycles. The number of esters is 1. The van der Waals surface area contributed by atoms with E-state index < -0.39 is 17.2 Å². The number of halogens is 1. The molecule has 0 unspecified atom stereocenters. The van der Waals surface area contributed by atoms with Crippen molar-refractivity contribution in [3.05, 3.63) is 49.3 Å². The van der Waals surface area contributed by atoms with Crippen LogP contribution in [0.4, 0.5) is 0 Å². The maximum Gasteiger partial charge on any atom is 0.332 e. The summed E-state index contributed by atoms with van der Waals surface area (Å²) in [4.78, 5) is 41.0. The van der Waals surface area contributed by atoms with Gasteiger partial charge < -0.3 is 18.8 Å². The molecule has 31 heavy (non-hydrogen) atoms. The Morgan fingerprint density at radius 1 is 1.06 bits per heavy atom. The fourth-order valence-corrected chi connectivity index (χ4v) is 3.52. The second kappa shape index (κ2) is 9.38. The number of aromatic nitrogens is 4. The Morgan fingerprint density at radius 3 is 2.35 bits per heavy atom. The molecule has 0 N–H and O–H groups in total. The zero-order valence-electron chi connectivity index (χ0n) is 17.7. The van der Waals surface area contributed by atoms with Crippen molar-refractivity contribution in [2.24, 2.45) is 14.1 Å². The van der Waals surface area contributed by atoms with Crippen molar-refractivity contribution in [2.75, 3.05) is 13.2 Å². The van der Waals surface area contributed by atoms with Gasteiger partial charge >= 0.3 is 11.7 Å². The molecule has 1 aromatic carbocycles. The summed E-state index contributed by atoms with van der Waals surface area (Å²) in [7, 11) is 2.89. The predicted octanol–water partition coefficient (Wildman–Crippen LogP) is 1.74. The van der Waals surface area contributed by atoms with Gasteiger partial charge in [0.05, 0.1) is 19.5 Å². The Labute approximate surface area is 186 Å². The standard InChI is InChI=1S/C20H23BrN4O6/c1-5-29-14-7-12(13(21)8-15(14)30-6-2)10-31-16(26)9-25-11-22-18-17(25)19(27)24(4)20(28)23(18)3/h7-8,11H,5-6,9-10H2,1-4H3. The van der Waals surface area contributed by atoms with Gasteiger partial charge in [-0.1, -0.05) is 15.9 Å². The molecule has 3 aromatic rings. The van der Waals surface area contributed by atoms with Crippen LogP contribution >= 0.6 is 15.9 Å². The maximum absolute atomic E-state index is 12.5. The first-order valence-electron chi connectivity index (χ1n) is 9.62. The Balaban J connectivity index is 1.79. The van der Waals surface area contributed by atoms with Crippen LogP contribution in [-0.2, 0) is 36.8 Å². The first-order chi connectivity index (χ1) is 14.8. The molecular formula is C20H23BrN4O6. The van der Waals surface area contributed by atoms with E-state index >= 15 is 0 Å². The van der Waals surface area contributed by atoms with Crippen molar-refractivity contribution in [1.82, 2.24) is 18.7 Å². The molecule has 10 nitrogen and oxygen atoms in total. The van der Waals surface area contributed by atoms with Crippen LogP contribution in [0.15, 0.2) is 32.5 Å². The van der Waals surface area contributed by atoms with E-state index in [4.69, 9.17) is 14.2 Å². The SMILES string of the molecule is CCOc1cc(Br)c(COC(=O)Cn2cnc3c2c(=O)n(C)c(=O)n3C)cc1OCC. The van der Waals surface area contributed by atoms with E-state index in [1.165, 1.54) is 29.6 Å². The molecular weight excluding hydrogens is 472 g/mol. The van der Waals surface area contributed by atoms with E-state index in [1.807, 2.05) is 13.8 Å². The monoisotopic (exact) mass is 494 g/mol. The third kappa shape index (κ3) is 4.50. The van der Waals surface area contributed by atoms with Crippen LogP contribution < -0.4 is 20.7 Å². The average molecular weight is 495 g/mol. The lowest BCUT2D eigenvalue weighted by Crippen LogP contribution is -2.37. The summed E-state index contributed by atoms with van der Waals surface area (Å²) in [5.41, 5.74) is 0.0442. The zero-order valence-corrected chi connectivity index (χ0v) is 19.3. The third-order valence-corrected chi connectivity index (χ3v) is 5.36. The molecule has 2 aromatic heterocycles. The molecule has 3 rings (SSSR count). The lowest BCUT2D eigenvalue weighted by atomic mass is 10.2. The molecule has 0 radical (unpaired) electrons. The van der Waals surface area contributed by atoms with Crippen molar-refractivity contribution in [3.63, 3.8) is 0 Å². The highest BCUT2D eigenvalue weighted by Crippen LogP contribution is 2.34. The van der Waals surface area contributed by atoms with Crippen molar-refractivity contribution in [1.29, 1.82) is 0 Å². The Morgan fingerprint density at radius 2 is 1.71 bits per heavy atom. The number of carbonyl (C=O) groups is 1. The molecule has 0 aliphatic heterocycles. The van der Waals surface area contributed by atoms with Crippen LogP contribution in [0.25, 0.3) is 11.2 Å². The van der Waals surface area contributed by atoms with Gasteiger partial charge in [0.1, 0.15) is 13.2 Å². The van der Waals surface area contributed by atoms with E-state index in [9.17, 15) is 14.4 Å². The lowest BCUT2D eigenvalue weighted by molar-refractivity contribution is -0.145. The van der Waals surface area contributed by atoms with E-state index in [0.717, 1.165) is 4.57 Å². The van der Waals surface area contributed by atoms with Gasteiger partial charge in [-0.15, -0.1) is 0 Å². The number of rotatable bonds is 8. The summed E-state index contributed by atoms with van der Waals surface area (Å²) in [6.45, 7) is 4.47. The van der Waals surface area contributed by atoms with Gasteiger partial charge in [0.25, 0.3) is 5.56 Å². The van der Waals surface area contributed by atoms with Gasteiger partial charge in [-0.3, -0.25) is 18.7 Å². The molecule has 0 bridgehead atoms. The predicted molar refractivity (Wildman–Crippen MR) is 116 cm³/mol. The highest BCUT2D eigenvalue weighted by Gasteiger charge is 2.17. The Bertz CT molecular complexity index is 1240. The number of ether oxygens (including phenoxy) is 3. The fraction of sp³-hybridized carbons (Fsp3) is 0.400. The fourth-order valence-electron chi connectivity index (χ4n) is 3.08. The van der Waals surface area contributed by atoms with Crippen molar-refractivity contribution in [2.45, 2.75) is 27.0 Å². The molecule has 0 aliphatic rings. The number of benzene rings is 1. The van der Waals surface area contributed by atoms with Gasteiger partial charge in [-0.2, -0.15) is 0 Å². The second-order valence-corrected chi connectivity index (χ2v) is 7.52. The highest BCUT2D eigenvalue weighted by atomic mass is 79.9. The molecule has 2 heterocycles. The van der Waals surface area contributed by atoms with Gasteiger partial charge in [0.15, 0.2) is 22.7 Å². The number of hydrogen-bond donors (Lipinski definition) is 0. The van der Waals surface area contributed by atoms with Crippen LogP contribution in [0.1, 0.15) is 19.4 Å². The van der Waals surface area contributed by atoms with E-state index in [2.05, 4.69) is 20.9 Å². The minimum atomic E-state index is -0.561. The second-order valence-electron chi connectivity index (χ2n) is 6.67. The normalized spacial score (nSPS) is 11.0. The molecule has 0 atom stereocenters. The Kier molecular flexibility index (Phi) is 6.84. The number of carbonyl (C=O) groups excluding carboxylic acids is 1. The van der Waals surface area contributed by atoms with Crippen molar-refractivity contribution >= 4 is 33.1 Å². The number of aryl methyl sites for hydroxylation is 1. The summed E-state index contributed by atoms with van der Waals surface area (Å²) >= 11 is 3.46. The van der Waals surface area contributed by atoms with Crippen LogP contribution in [0.2, 0.25) is 0 Å². The van der Waals surface area contributed by atoms with Crippen molar-refractivity contribution < 1.29 is 19.0 Å². The summed E-state index contributed by atoms with van der Waals surface area (Å²) in [6, 6.07) is 3.52. The zero-order chi connectivity index (χ0) is 22.7. The van der Waals surface area contributed by atoms with Crippen LogP contribution in [0.3, 0.4) is 0 Å². The minimum Gasteiger partial charge on any atom is -0.490 e. The van der Waals surface area contributed by atoms with Crippen LogP contribution in [-0.4, -0.2) is 37.9 Å². The molecule has 0 spiro atoms. The molecule has 166 valence electrons. The summed E-state index contributed by atoms with van der Waals surface area (Å²) in [6.07, 6.45) is 1.34. The smallest absolute Gasteiger partial charge is 0.332 e. The largest absolute Gasteiger partial charge is 0.490 e. The number of fused-ring (bicyclic) bond motifs is 1. The van der Waals surface area contributed by atoms with Gasteiger partial charge in [0.2, 0.25) is 0 Å². The number of hydrogen-bond acceptors (Lipinski definition) is 7. The molecule has 11 heteroatoms. The van der Waals surface area contributed by atoms with E-state index in [-0.39, 0.29) is 24.3 Å². The quantitative estimate of drug-likeness (QED) is 0.439. The van der Waals surface area contributed by atoms with E-state index in [0.29, 0.717) is 34.7 Å². The van der Waals surface area contributed by atoms with Crippen molar-refractivity contribution in [3.8, 4) is 11.5 Å². The molecule has 0 saturated heterocycles.